The Balaban J connectivity index is 0.000000118. The number of hydrogen-bond acceptors (Lipinski definition) is 36. The summed E-state index contributed by atoms with van der Waals surface area (Å²) in [5.74, 6) is 7.82. The molecule has 2 unspecified atom stereocenters. The summed E-state index contributed by atoms with van der Waals surface area (Å²) in [5, 5.41) is 52.4. The number of nitrogen functional groups attached to an aromatic ring is 4. The van der Waals surface area contributed by atoms with Crippen molar-refractivity contribution in [2.45, 2.75) is 164 Å². The molecule has 11 aromatic heterocycles. The fraction of sp³-hybridized carbons (Fsp3) is 0.379. The molecule has 6 aliphatic rings. The van der Waals surface area contributed by atoms with Crippen LogP contribution in [0.15, 0.2) is 202 Å². The largest absolute Gasteiger partial charge is 0.394 e. The summed E-state index contributed by atoms with van der Waals surface area (Å²) in [6.45, 7) is 19.0. The molecular weight excluding hydrogens is 1680 g/mol. The predicted octanol–water partition coefficient (Wildman–Crippen LogP) is 13.0. The van der Waals surface area contributed by atoms with Gasteiger partial charge in [0.2, 0.25) is 23.8 Å². The smallest absolute Gasteiger partial charge is 0.324 e. The molecule has 0 amide bonds. The van der Waals surface area contributed by atoms with Gasteiger partial charge in [0.25, 0.3) is 17.7 Å². The molecule has 37 nitrogen and oxygen atoms in total. The molecule has 13 heterocycles. The van der Waals surface area contributed by atoms with Crippen LogP contribution in [0.1, 0.15) is 171 Å². The molecule has 37 heteroatoms. The Kier molecular flexibility index (Phi) is 24.4. The van der Waals surface area contributed by atoms with Crippen molar-refractivity contribution < 1.29 is 38.1 Å². The van der Waals surface area contributed by atoms with Crippen molar-refractivity contribution in [3.63, 3.8) is 0 Å². The van der Waals surface area contributed by atoms with Crippen LogP contribution in [0.25, 0.3) is 79.3 Å². The zero-order valence-corrected chi connectivity index (χ0v) is 74.6. The molecule has 0 spiro atoms. The first-order chi connectivity index (χ1) is 63.7. The van der Waals surface area contributed by atoms with E-state index in [0.29, 0.717) is 101 Å². The number of aromatic nitrogens is 22. The van der Waals surface area contributed by atoms with E-state index in [4.69, 9.17) is 65.7 Å². The molecule has 21 rings (SSSR count). The van der Waals surface area contributed by atoms with Gasteiger partial charge < -0.3 is 81.2 Å². The number of rotatable bonds is 27. The number of nitrogens with one attached hydrogen (secondary N) is 2. The second-order valence-corrected chi connectivity index (χ2v) is 36.7. The van der Waals surface area contributed by atoms with E-state index in [-0.39, 0.29) is 60.0 Å². The van der Waals surface area contributed by atoms with Crippen LogP contribution in [-0.2, 0) is 26.4 Å². The van der Waals surface area contributed by atoms with Crippen LogP contribution in [0.4, 0.5) is 41.4 Å². The Labute approximate surface area is 760 Å². The summed E-state index contributed by atoms with van der Waals surface area (Å²) in [6, 6.07) is 34.3. The maximum absolute atomic E-state index is 9.75. The van der Waals surface area contributed by atoms with Crippen molar-refractivity contribution in [2.75, 3.05) is 78.0 Å². The fourth-order valence-electron chi connectivity index (χ4n) is 17.0. The van der Waals surface area contributed by atoms with Crippen LogP contribution in [-0.4, -0.2) is 182 Å². The van der Waals surface area contributed by atoms with Crippen LogP contribution in [0.2, 0.25) is 0 Å². The van der Waals surface area contributed by atoms with E-state index in [9.17, 15) is 15.3 Å². The molecule has 678 valence electrons. The average molecular weight is 1780 g/mol. The third-order valence-electron chi connectivity index (χ3n) is 26.2. The van der Waals surface area contributed by atoms with Gasteiger partial charge in [0, 0.05) is 84.9 Å². The number of ether oxygens (including phenoxy) is 1. The normalized spacial score (nSPS) is 17.1. The SMILES string of the molecule is CC(C)(CO)Nc1cnc(-c2nc([C@@](C)(c3ccc(-c4cnc(N)nc4)cc3)C3CC3)no2)cn1.CC(C)(CO)Nc1cnc(-c2nc([C@](C)(c3ccc(-c4cnc(N)nc4)cc3)C3CC3)no2)cn1.CC(c1ccc(-c2cnc(N)nc2)cc1)(c1noc(-c2cncn2C2COC2)n1)C1CC1.CC(c1ccc(-c2cnc(N)nc2)cc1)(c1noc(N2CCC(O)CC2)n1)C1CC1. The van der Waals surface area contributed by atoms with Gasteiger partial charge in [0.15, 0.2) is 23.3 Å². The lowest BCUT2D eigenvalue weighted by Crippen LogP contribution is -2.36. The Bertz CT molecular complexity index is 6190. The molecule has 15 aromatic rings. The first-order valence-electron chi connectivity index (χ1n) is 44.3. The Morgan fingerprint density at radius 2 is 0.667 bits per heavy atom. The van der Waals surface area contributed by atoms with Crippen molar-refractivity contribution in [2.24, 2.45) is 23.7 Å². The number of hydrogen-bond donors (Lipinski definition) is 9. The number of anilines is 7. The number of imidazole rings is 1. The number of benzene rings is 4. The second-order valence-electron chi connectivity index (χ2n) is 36.7. The summed E-state index contributed by atoms with van der Waals surface area (Å²) in [6.07, 6.45) is 34.0. The Morgan fingerprint density at radius 1 is 0.356 bits per heavy atom. The van der Waals surface area contributed by atoms with Gasteiger partial charge in [-0.05, 0) is 188 Å². The highest BCUT2D eigenvalue weighted by Crippen LogP contribution is 2.55. The van der Waals surface area contributed by atoms with E-state index in [1.54, 1.807) is 86.9 Å². The zero-order chi connectivity index (χ0) is 91.7. The summed E-state index contributed by atoms with van der Waals surface area (Å²) in [5.41, 5.74) is 34.1. The quantitative estimate of drug-likeness (QED) is 0.0231. The standard InChI is InChI=1S/2C25H28N8O2.C23H23N7O2.C22H26N6O2/c2*1-24(2,14-34)32-20-13-27-19(12-28-20)21-31-22(33-35-21)25(3,18-8-9-18)17-6-4-15(5-7-17)16-10-29-23(26)30-11-16;1-23(17-6-7-17,16-4-2-14(3-5-16)15-8-26-22(24)27-9-15)21-28-20(32-29-21)19-10-25-13-30(19)18-11-31-12-18;1-22(17-6-7-17,19-26-21(30-27-19)28-10-8-18(29)9-11-28)16-4-2-14(3-5-16)15-12-24-20(23)25-13-15/h2*4-7,10-13,18,34H,8-9,14H2,1-3H3,(H,28,32)(H2,26,29,30);2-5,8-10,13,17-18H,6-7,11-12H2,1H3,(H2,24,26,27);2-5,12-13,17-18,29H,6-11H2,1H3,(H2,23,24,25)/t2*25-;;/m10../s1. The van der Waals surface area contributed by atoms with E-state index in [1.165, 1.54) is 5.56 Å². The molecule has 4 saturated carbocycles. The molecular formula is C95H105N29O8. The number of nitrogens with zero attached hydrogens (tertiary/aromatic N) is 23. The Hall–Kier alpha value is -14.4. The molecule has 2 saturated heterocycles. The molecule has 132 heavy (non-hydrogen) atoms. The minimum absolute atomic E-state index is 0.0298. The average Bonchev–Trinajstić information content (AvgIpc) is 1.61. The van der Waals surface area contributed by atoms with Crippen molar-refractivity contribution in [1.82, 2.24) is 110 Å². The molecule has 6 fully saturated rings. The van der Waals surface area contributed by atoms with Gasteiger partial charge in [-0.2, -0.15) is 19.9 Å². The van der Waals surface area contributed by atoms with Crippen LogP contribution < -0.4 is 38.5 Å². The maximum atomic E-state index is 9.75. The molecule has 0 bridgehead atoms. The second kappa shape index (κ2) is 36.5. The third-order valence-corrected chi connectivity index (χ3v) is 26.2. The number of piperidine rings is 1. The fourth-order valence-corrected chi connectivity index (χ4v) is 17.0. The molecule has 0 radical (unpaired) electrons. The van der Waals surface area contributed by atoms with Crippen molar-refractivity contribution in [3.8, 4) is 79.3 Å². The maximum Gasteiger partial charge on any atom is 0.324 e. The van der Waals surface area contributed by atoms with E-state index < -0.39 is 21.9 Å². The lowest BCUT2D eigenvalue weighted by Gasteiger charge is -2.28. The van der Waals surface area contributed by atoms with E-state index in [0.717, 1.165) is 150 Å². The lowest BCUT2D eigenvalue weighted by molar-refractivity contribution is -0.0228. The Morgan fingerprint density at radius 3 is 0.962 bits per heavy atom. The van der Waals surface area contributed by atoms with Gasteiger partial charge in [-0.25, -0.2) is 64.8 Å². The van der Waals surface area contributed by atoms with E-state index >= 15 is 0 Å². The summed E-state index contributed by atoms with van der Waals surface area (Å²) in [7, 11) is 0. The molecule has 4 aliphatic carbocycles. The predicted molar refractivity (Wildman–Crippen MR) is 492 cm³/mol. The van der Waals surface area contributed by atoms with Crippen molar-refractivity contribution in [3.05, 3.63) is 229 Å². The van der Waals surface area contributed by atoms with Gasteiger partial charge in [-0.1, -0.05) is 118 Å². The van der Waals surface area contributed by atoms with Crippen LogP contribution in [0, 0.1) is 23.7 Å². The molecule has 4 atom stereocenters. The third kappa shape index (κ3) is 18.9. The number of nitrogens with two attached hydrogens (primary N) is 4. The van der Waals surface area contributed by atoms with E-state index in [1.807, 2.05) is 27.7 Å². The van der Waals surface area contributed by atoms with Gasteiger partial charge >= 0.3 is 6.01 Å². The summed E-state index contributed by atoms with van der Waals surface area (Å²) < 4.78 is 30.0. The highest BCUT2D eigenvalue weighted by molar-refractivity contribution is 5.67. The van der Waals surface area contributed by atoms with Gasteiger partial charge in [0.05, 0.1) is 109 Å². The highest BCUT2D eigenvalue weighted by atomic mass is 16.5. The molecule has 2 aliphatic heterocycles. The first-order valence-corrected chi connectivity index (χ1v) is 44.3. The van der Waals surface area contributed by atoms with Crippen molar-refractivity contribution >= 4 is 41.4 Å². The van der Waals surface area contributed by atoms with Crippen LogP contribution >= 0.6 is 0 Å². The first kappa shape index (κ1) is 88.2. The van der Waals surface area contributed by atoms with Crippen LogP contribution in [0.3, 0.4) is 0 Å². The van der Waals surface area contributed by atoms with Gasteiger partial charge in [-0.15, -0.1) is 0 Å². The molecule has 4 aromatic carbocycles. The molecule has 13 N–H and O–H groups in total. The van der Waals surface area contributed by atoms with Crippen LogP contribution in [0.5, 0.6) is 0 Å². The number of aliphatic hydroxyl groups is 3. The van der Waals surface area contributed by atoms with Gasteiger partial charge in [-0.3, -0.25) is 0 Å². The lowest BCUT2D eigenvalue weighted by atomic mass is 9.77. The highest BCUT2D eigenvalue weighted by Gasteiger charge is 2.52. The topological polar surface area (TPSA) is 529 Å². The zero-order valence-electron chi connectivity index (χ0n) is 74.6. The van der Waals surface area contributed by atoms with Crippen molar-refractivity contribution in [1.29, 1.82) is 0 Å². The minimum atomic E-state index is -0.504. The minimum Gasteiger partial charge on any atom is -0.394 e. The monoisotopic (exact) mass is 1780 g/mol. The number of aliphatic hydroxyl groups excluding tert-OH is 3. The van der Waals surface area contributed by atoms with E-state index in [2.05, 4.69) is 230 Å². The summed E-state index contributed by atoms with van der Waals surface area (Å²) >= 11 is 0. The van der Waals surface area contributed by atoms with Gasteiger partial charge in [0.1, 0.15) is 28.7 Å². The summed E-state index contributed by atoms with van der Waals surface area (Å²) in [4.78, 5) is 75.7.